The molecule has 0 heterocycles. The first-order chi connectivity index (χ1) is 7.32. The molecule has 0 aromatic carbocycles. The minimum atomic E-state index is -0.862. The highest BCUT2D eigenvalue weighted by Gasteiger charge is 2.61. The third-order valence-corrected chi connectivity index (χ3v) is 3.25. The lowest BCUT2D eigenvalue weighted by molar-refractivity contribution is -0.140. The van der Waals surface area contributed by atoms with Gasteiger partial charge in [0, 0.05) is 0 Å². The quantitative estimate of drug-likeness (QED) is 0.609. The molecule has 0 bridgehead atoms. The monoisotopic (exact) mass is 246 g/mol. The number of aliphatic carboxylic acids is 1. The van der Waals surface area contributed by atoms with E-state index in [1.165, 1.54) is 6.08 Å². The molecule has 0 aliphatic heterocycles. The Balaban J connectivity index is 2.72. The van der Waals surface area contributed by atoms with Gasteiger partial charge in [-0.25, -0.2) is 4.79 Å². The van der Waals surface area contributed by atoms with Crippen LogP contribution in [0.4, 0.5) is 0 Å². The Bertz CT molecular complexity index is 346. The van der Waals surface area contributed by atoms with E-state index in [-0.39, 0.29) is 23.0 Å². The molecule has 1 N–H and O–H groups in total. The van der Waals surface area contributed by atoms with Crippen molar-refractivity contribution in [3.8, 4) is 0 Å². The first-order valence-corrected chi connectivity index (χ1v) is 5.47. The molecule has 0 radical (unpaired) electrons. The van der Waals surface area contributed by atoms with Crippen molar-refractivity contribution in [1.29, 1.82) is 0 Å². The first kappa shape index (κ1) is 13.0. The summed E-state index contributed by atoms with van der Waals surface area (Å²) >= 11 is 5.74. The lowest BCUT2D eigenvalue weighted by atomic mass is 10.1. The zero-order chi connectivity index (χ0) is 12.5. The summed E-state index contributed by atoms with van der Waals surface area (Å²) in [4.78, 5) is 22.1. The number of carbonyl (C=O) groups is 2. The van der Waals surface area contributed by atoms with Gasteiger partial charge in [-0.2, -0.15) is 0 Å². The smallest absolute Gasteiger partial charge is 0.349 e. The van der Waals surface area contributed by atoms with Crippen LogP contribution >= 0.6 is 11.6 Å². The van der Waals surface area contributed by atoms with Gasteiger partial charge in [0.1, 0.15) is 5.03 Å². The summed E-state index contributed by atoms with van der Waals surface area (Å²) in [5.74, 6) is -2.15. The van der Waals surface area contributed by atoms with Gasteiger partial charge in [-0.3, -0.25) is 4.79 Å². The average Bonchev–Trinajstić information content (AvgIpc) is 2.68. The summed E-state index contributed by atoms with van der Waals surface area (Å²) in [5.41, 5.74) is -0.349. The highest BCUT2D eigenvalue weighted by molar-refractivity contribution is 6.41. The Morgan fingerprint density at radius 1 is 1.50 bits per heavy atom. The van der Waals surface area contributed by atoms with E-state index < -0.39 is 17.9 Å². The third kappa shape index (κ3) is 2.38. The predicted octanol–water partition coefficient (Wildman–Crippen LogP) is 2.03. The second-order valence-electron chi connectivity index (χ2n) is 4.40. The number of hydrogen-bond donors (Lipinski definition) is 1. The topological polar surface area (TPSA) is 63.6 Å². The summed E-state index contributed by atoms with van der Waals surface area (Å²) in [6.07, 6.45) is 1.48. The van der Waals surface area contributed by atoms with Gasteiger partial charge in [0.15, 0.2) is 0 Å². The number of allylic oxidation sites excluding steroid dienone is 1. The highest BCUT2D eigenvalue weighted by Crippen LogP contribution is 2.59. The summed E-state index contributed by atoms with van der Waals surface area (Å²) in [7, 11) is 0. The van der Waals surface area contributed by atoms with Crippen LogP contribution in [0, 0.1) is 17.3 Å². The van der Waals surface area contributed by atoms with Gasteiger partial charge < -0.3 is 9.84 Å². The minimum absolute atomic E-state index is 0.0383. The number of carbonyl (C=O) groups excluding carboxylic acids is 1. The van der Waals surface area contributed by atoms with Crippen molar-refractivity contribution >= 4 is 23.5 Å². The first-order valence-electron chi connectivity index (χ1n) is 5.09. The van der Waals surface area contributed by atoms with Gasteiger partial charge in [0.05, 0.1) is 12.5 Å². The molecule has 90 valence electrons. The third-order valence-electron chi connectivity index (χ3n) is 2.97. The normalized spacial score (nSPS) is 27.4. The van der Waals surface area contributed by atoms with Crippen LogP contribution in [0.2, 0.25) is 0 Å². The fourth-order valence-electron chi connectivity index (χ4n) is 1.89. The van der Waals surface area contributed by atoms with Crippen molar-refractivity contribution in [1.82, 2.24) is 0 Å². The van der Waals surface area contributed by atoms with Crippen molar-refractivity contribution < 1.29 is 19.4 Å². The molecule has 0 spiro atoms. The molecule has 1 aliphatic carbocycles. The Hall–Kier alpha value is -1.03. The van der Waals surface area contributed by atoms with Crippen molar-refractivity contribution in [3.05, 3.63) is 11.1 Å². The summed E-state index contributed by atoms with van der Waals surface area (Å²) < 4.78 is 4.71. The fourth-order valence-corrected chi connectivity index (χ4v) is 2.08. The molecule has 1 rings (SSSR count). The lowest BCUT2D eigenvalue weighted by Crippen LogP contribution is -2.04. The SMILES string of the molecule is CCOC(=O)/C(Cl)=C/[C@H]1[C@@H](C(=O)O)C1(C)C. The summed E-state index contributed by atoms with van der Waals surface area (Å²) in [5, 5.41) is 8.89. The molecule has 1 aliphatic rings. The van der Waals surface area contributed by atoms with E-state index in [4.69, 9.17) is 21.4 Å². The molecular weight excluding hydrogens is 232 g/mol. The molecule has 16 heavy (non-hydrogen) atoms. The Morgan fingerprint density at radius 2 is 2.06 bits per heavy atom. The van der Waals surface area contributed by atoms with Gasteiger partial charge in [-0.1, -0.05) is 31.5 Å². The Kier molecular flexibility index (Phi) is 3.63. The zero-order valence-corrected chi connectivity index (χ0v) is 10.2. The van der Waals surface area contributed by atoms with E-state index in [0.29, 0.717) is 0 Å². The second-order valence-corrected chi connectivity index (χ2v) is 4.81. The van der Waals surface area contributed by atoms with Gasteiger partial charge >= 0.3 is 11.9 Å². The van der Waals surface area contributed by atoms with Crippen LogP contribution in [0.15, 0.2) is 11.1 Å². The molecule has 0 unspecified atom stereocenters. The van der Waals surface area contributed by atoms with Crippen LogP contribution in [0.25, 0.3) is 0 Å². The molecule has 1 saturated carbocycles. The second kappa shape index (κ2) is 4.45. The summed E-state index contributed by atoms with van der Waals surface area (Å²) in [6, 6.07) is 0. The molecule has 5 heteroatoms. The van der Waals surface area contributed by atoms with Gasteiger partial charge in [-0.05, 0) is 18.3 Å². The molecule has 0 amide bonds. The zero-order valence-electron chi connectivity index (χ0n) is 9.49. The van der Waals surface area contributed by atoms with Gasteiger partial charge in [0.2, 0.25) is 0 Å². The predicted molar refractivity (Wildman–Crippen MR) is 59.0 cm³/mol. The number of carboxylic acid groups (broad SMARTS) is 1. The lowest BCUT2D eigenvalue weighted by Gasteiger charge is -2.00. The Morgan fingerprint density at radius 3 is 2.44 bits per heavy atom. The van der Waals surface area contributed by atoms with Crippen molar-refractivity contribution in [2.45, 2.75) is 20.8 Å². The highest BCUT2D eigenvalue weighted by atomic mass is 35.5. The van der Waals surface area contributed by atoms with Crippen LogP contribution in [0.5, 0.6) is 0 Å². The molecule has 0 aromatic rings. The molecule has 1 fully saturated rings. The average molecular weight is 247 g/mol. The van der Waals surface area contributed by atoms with E-state index >= 15 is 0 Å². The molecular formula is C11H15ClO4. The number of carboxylic acids is 1. The van der Waals surface area contributed by atoms with Crippen LogP contribution in [0.1, 0.15) is 20.8 Å². The standard InChI is InChI=1S/C11H15ClO4/c1-4-16-10(15)7(12)5-6-8(9(13)14)11(6,2)3/h5-6,8H,4H2,1-3H3,(H,13,14)/b7-5-/t6-,8-/m0/s1. The number of hydrogen-bond acceptors (Lipinski definition) is 3. The van der Waals surface area contributed by atoms with Crippen molar-refractivity contribution in [2.24, 2.45) is 17.3 Å². The molecule has 0 aromatic heterocycles. The molecule has 2 atom stereocenters. The van der Waals surface area contributed by atoms with Crippen molar-refractivity contribution in [3.63, 3.8) is 0 Å². The summed E-state index contributed by atoms with van der Waals surface area (Å²) in [6.45, 7) is 5.60. The number of halogens is 1. The maximum Gasteiger partial charge on any atom is 0.349 e. The van der Waals surface area contributed by atoms with E-state index in [9.17, 15) is 9.59 Å². The number of rotatable bonds is 4. The van der Waals surface area contributed by atoms with Crippen LogP contribution in [-0.4, -0.2) is 23.7 Å². The fraction of sp³-hybridized carbons (Fsp3) is 0.636. The maximum absolute atomic E-state index is 11.2. The molecule has 4 nitrogen and oxygen atoms in total. The van der Waals surface area contributed by atoms with E-state index in [0.717, 1.165) is 0 Å². The maximum atomic E-state index is 11.2. The van der Waals surface area contributed by atoms with Crippen molar-refractivity contribution in [2.75, 3.05) is 6.61 Å². The van der Waals surface area contributed by atoms with E-state index in [1.807, 2.05) is 13.8 Å². The molecule has 0 saturated heterocycles. The van der Waals surface area contributed by atoms with Gasteiger partial charge in [-0.15, -0.1) is 0 Å². The van der Waals surface area contributed by atoms with Crippen LogP contribution in [0.3, 0.4) is 0 Å². The largest absolute Gasteiger partial charge is 0.481 e. The van der Waals surface area contributed by atoms with E-state index in [2.05, 4.69) is 0 Å². The van der Waals surface area contributed by atoms with E-state index in [1.54, 1.807) is 6.92 Å². The minimum Gasteiger partial charge on any atom is -0.481 e. The van der Waals surface area contributed by atoms with Gasteiger partial charge in [0.25, 0.3) is 0 Å². The Labute approximate surface area is 99.2 Å². The number of ether oxygens (including phenoxy) is 1. The van der Waals surface area contributed by atoms with Crippen LogP contribution in [-0.2, 0) is 14.3 Å². The number of esters is 1. The van der Waals surface area contributed by atoms with Crippen LogP contribution < -0.4 is 0 Å².